The summed E-state index contributed by atoms with van der Waals surface area (Å²) in [7, 11) is 0. The van der Waals surface area contributed by atoms with Gasteiger partial charge in [-0.3, -0.25) is 4.79 Å². The molecule has 4 rings (SSSR count). The lowest BCUT2D eigenvalue weighted by atomic mass is 9.97. The Balaban J connectivity index is 1.29. The molecule has 160 valence electrons. The number of pyridine rings is 1. The van der Waals surface area contributed by atoms with Crippen LogP contribution in [0.3, 0.4) is 0 Å². The van der Waals surface area contributed by atoms with Gasteiger partial charge in [-0.15, -0.1) is 0 Å². The molecule has 0 spiro atoms. The van der Waals surface area contributed by atoms with Gasteiger partial charge in [-0.2, -0.15) is 0 Å². The number of carbonyl (C=O) groups is 1. The van der Waals surface area contributed by atoms with Crippen LogP contribution in [0.4, 0.5) is 10.2 Å². The van der Waals surface area contributed by atoms with E-state index < -0.39 is 0 Å². The van der Waals surface area contributed by atoms with Gasteiger partial charge in [0.15, 0.2) is 11.6 Å². The SMILES string of the molecule is O=C(Cc1ccc(CC2CCN(c3ncc(Cl)cc3F)C2)cc1)N1CCC(O)CC1. The molecule has 1 aromatic heterocycles. The van der Waals surface area contributed by atoms with Crippen LogP contribution < -0.4 is 4.90 Å². The summed E-state index contributed by atoms with van der Waals surface area (Å²) in [6.45, 7) is 2.83. The zero-order valence-electron chi connectivity index (χ0n) is 16.9. The first-order chi connectivity index (χ1) is 14.5. The second kappa shape index (κ2) is 9.31. The molecule has 1 N–H and O–H groups in total. The number of aliphatic hydroxyl groups is 1. The third-order valence-corrected chi connectivity index (χ3v) is 6.30. The molecule has 2 saturated heterocycles. The summed E-state index contributed by atoms with van der Waals surface area (Å²) in [5, 5.41) is 9.89. The van der Waals surface area contributed by atoms with Crippen LogP contribution in [0.25, 0.3) is 0 Å². The van der Waals surface area contributed by atoms with Crippen LogP contribution in [0, 0.1) is 11.7 Å². The Hall–Kier alpha value is -2.18. The molecule has 1 unspecified atom stereocenters. The highest BCUT2D eigenvalue weighted by Crippen LogP contribution is 2.28. The summed E-state index contributed by atoms with van der Waals surface area (Å²) < 4.78 is 14.1. The number of rotatable bonds is 5. The number of hydrogen-bond acceptors (Lipinski definition) is 4. The van der Waals surface area contributed by atoms with Crippen LogP contribution in [-0.4, -0.2) is 53.2 Å². The summed E-state index contributed by atoms with van der Waals surface area (Å²) >= 11 is 5.80. The number of nitrogens with zero attached hydrogens (tertiary/aromatic N) is 3. The first-order valence-electron chi connectivity index (χ1n) is 10.6. The van der Waals surface area contributed by atoms with E-state index in [0.29, 0.717) is 49.1 Å². The van der Waals surface area contributed by atoms with Gasteiger partial charge in [0, 0.05) is 32.4 Å². The normalized spacial score (nSPS) is 20.0. The summed E-state index contributed by atoms with van der Waals surface area (Å²) in [6, 6.07) is 9.54. The minimum absolute atomic E-state index is 0.124. The standard InChI is InChI=1S/C23H27ClFN3O2/c24-19-13-21(25)23(26-14-19)28-8-5-18(15-28)11-16-1-3-17(4-2-16)12-22(30)27-9-6-20(29)7-10-27/h1-4,13-14,18,20,29H,5-12,15H2. The van der Waals surface area contributed by atoms with Gasteiger partial charge in [0.25, 0.3) is 0 Å². The minimum atomic E-state index is -0.375. The van der Waals surface area contributed by atoms with Crippen molar-refractivity contribution < 1.29 is 14.3 Å². The Morgan fingerprint density at radius 2 is 1.83 bits per heavy atom. The third-order valence-electron chi connectivity index (χ3n) is 6.09. The van der Waals surface area contributed by atoms with E-state index in [9.17, 15) is 14.3 Å². The number of anilines is 1. The number of carbonyl (C=O) groups excluding carboxylic acids is 1. The number of aliphatic hydroxyl groups excluding tert-OH is 1. The van der Waals surface area contributed by atoms with Crippen molar-refractivity contribution >= 4 is 23.3 Å². The highest BCUT2D eigenvalue weighted by molar-refractivity contribution is 6.30. The van der Waals surface area contributed by atoms with Crippen LogP contribution in [0.1, 0.15) is 30.4 Å². The maximum absolute atomic E-state index is 14.1. The Morgan fingerprint density at radius 3 is 2.53 bits per heavy atom. The molecule has 0 aliphatic carbocycles. The van der Waals surface area contributed by atoms with E-state index in [1.807, 2.05) is 21.9 Å². The van der Waals surface area contributed by atoms with Crippen molar-refractivity contribution in [2.24, 2.45) is 5.92 Å². The number of amides is 1. The Morgan fingerprint density at radius 1 is 1.13 bits per heavy atom. The molecule has 30 heavy (non-hydrogen) atoms. The number of halogens is 2. The van der Waals surface area contributed by atoms with Gasteiger partial charge in [0.1, 0.15) is 0 Å². The topological polar surface area (TPSA) is 56.7 Å². The second-order valence-corrected chi connectivity index (χ2v) is 8.81. The molecule has 0 radical (unpaired) electrons. The fraction of sp³-hybridized carbons (Fsp3) is 0.478. The Kier molecular flexibility index (Phi) is 6.54. The molecule has 2 aromatic rings. The predicted octanol–water partition coefficient (Wildman–Crippen LogP) is 3.47. The maximum Gasteiger partial charge on any atom is 0.226 e. The van der Waals surface area contributed by atoms with Gasteiger partial charge < -0.3 is 14.9 Å². The van der Waals surface area contributed by atoms with Gasteiger partial charge in [-0.05, 0) is 48.8 Å². The van der Waals surface area contributed by atoms with Crippen LogP contribution in [0.2, 0.25) is 5.02 Å². The zero-order valence-corrected chi connectivity index (χ0v) is 17.7. The lowest BCUT2D eigenvalue weighted by Gasteiger charge is -2.29. The molecular formula is C23H27ClFN3O2. The highest BCUT2D eigenvalue weighted by atomic mass is 35.5. The van der Waals surface area contributed by atoms with E-state index >= 15 is 0 Å². The monoisotopic (exact) mass is 431 g/mol. The van der Waals surface area contributed by atoms with Crippen molar-refractivity contribution in [2.75, 3.05) is 31.1 Å². The van der Waals surface area contributed by atoms with Crippen LogP contribution in [0.15, 0.2) is 36.5 Å². The van der Waals surface area contributed by atoms with Gasteiger partial charge in [-0.1, -0.05) is 35.9 Å². The lowest BCUT2D eigenvalue weighted by molar-refractivity contribution is -0.132. The summed E-state index contributed by atoms with van der Waals surface area (Å²) in [6.07, 6.45) is 4.85. The molecule has 0 saturated carbocycles. The minimum Gasteiger partial charge on any atom is -0.393 e. The molecule has 1 atom stereocenters. The fourth-order valence-corrected chi connectivity index (χ4v) is 4.50. The van der Waals surface area contributed by atoms with Crippen molar-refractivity contribution in [1.29, 1.82) is 0 Å². The first-order valence-corrected chi connectivity index (χ1v) is 11.0. The van der Waals surface area contributed by atoms with E-state index in [0.717, 1.165) is 31.5 Å². The molecule has 1 aromatic carbocycles. The number of aromatic nitrogens is 1. The maximum atomic E-state index is 14.1. The van der Waals surface area contributed by atoms with Crippen molar-refractivity contribution in [3.05, 3.63) is 58.5 Å². The van der Waals surface area contributed by atoms with Crippen molar-refractivity contribution in [3.8, 4) is 0 Å². The smallest absolute Gasteiger partial charge is 0.226 e. The Labute approximate surface area is 181 Å². The quantitative estimate of drug-likeness (QED) is 0.787. The average Bonchev–Trinajstić information content (AvgIpc) is 3.18. The number of benzene rings is 1. The van der Waals surface area contributed by atoms with E-state index in [2.05, 4.69) is 17.1 Å². The first kappa shape index (κ1) is 21.1. The van der Waals surface area contributed by atoms with E-state index in [4.69, 9.17) is 11.6 Å². The van der Waals surface area contributed by atoms with E-state index in [1.165, 1.54) is 17.8 Å². The van der Waals surface area contributed by atoms with Gasteiger partial charge in [0.2, 0.25) is 5.91 Å². The fourth-order valence-electron chi connectivity index (χ4n) is 4.36. The lowest BCUT2D eigenvalue weighted by Crippen LogP contribution is -2.40. The van der Waals surface area contributed by atoms with Gasteiger partial charge in [0.05, 0.1) is 17.5 Å². The van der Waals surface area contributed by atoms with Crippen LogP contribution >= 0.6 is 11.6 Å². The van der Waals surface area contributed by atoms with Crippen molar-refractivity contribution in [2.45, 2.75) is 38.2 Å². The molecule has 3 heterocycles. The molecule has 7 heteroatoms. The number of piperidine rings is 1. The summed E-state index contributed by atoms with van der Waals surface area (Å²) in [5.41, 5.74) is 2.24. The molecule has 2 aliphatic rings. The van der Waals surface area contributed by atoms with Crippen LogP contribution in [-0.2, 0) is 17.6 Å². The zero-order chi connectivity index (χ0) is 21.1. The van der Waals surface area contributed by atoms with Crippen molar-refractivity contribution in [1.82, 2.24) is 9.88 Å². The highest BCUT2D eigenvalue weighted by Gasteiger charge is 2.26. The third kappa shape index (κ3) is 5.10. The van der Waals surface area contributed by atoms with Crippen molar-refractivity contribution in [3.63, 3.8) is 0 Å². The van der Waals surface area contributed by atoms with E-state index in [1.54, 1.807) is 0 Å². The molecule has 0 bridgehead atoms. The second-order valence-electron chi connectivity index (χ2n) is 8.37. The molecule has 2 fully saturated rings. The molecule has 1 amide bonds. The number of likely N-dealkylation sites (tertiary alicyclic amines) is 1. The molecule has 5 nitrogen and oxygen atoms in total. The predicted molar refractivity (Wildman–Crippen MR) is 115 cm³/mol. The average molecular weight is 432 g/mol. The summed E-state index contributed by atoms with van der Waals surface area (Å²) in [4.78, 5) is 20.4. The van der Waals surface area contributed by atoms with Gasteiger partial charge >= 0.3 is 0 Å². The van der Waals surface area contributed by atoms with Gasteiger partial charge in [-0.25, -0.2) is 9.37 Å². The summed E-state index contributed by atoms with van der Waals surface area (Å²) in [5.74, 6) is 0.564. The molecule has 2 aliphatic heterocycles. The van der Waals surface area contributed by atoms with E-state index in [-0.39, 0.29) is 17.8 Å². The van der Waals surface area contributed by atoms with Crippen LogP contribution in [0.5, 0.6) is 0 Å². The largest absolute Gasteiger partial charge is 0.393 e. The molecular weight excluding hydrogens is 405 g/mol. The Bertz CT molecular complexity index is 885. The number of hydrogen-bond donors (Lipinski definition) is 1.